The lowest BCUT2D eigenvalue weighted by atomic mass is 10.1. The van der Waals surface area contributed by atoms with E-state index in [2.05, 4.69) is 6.92 Å². The van der Waals surface area contributed by atoms with Crippen LogP contribution in [0.25, 0.3) is 0 Å². The van der Waals surface area contributed by atoms with E-state index in [1.165, 1.54) is 28.7 Å². The van der Waals surface area contributed by atoms with Gasteiger partial charge in [0.15, 0.2) is 6.61 Å². The minimum atomic E-state index is -0.639. The highest BCUT2D eigenvalue weighted by atomic mass is 35.5. The fourth-order valence-corrected chi connectivity index (χ4v) is 3.54. The number of amides is 2. The lowest BCUT2D eigenvalue weighted by Gasteiger charge is -2.34. The van der Waals surface area contributed by atoms with Gasteiger partial charge >= 0.3 is 0 Å². The zero-order valence-corrected chi connectivity index (χ0v) is 17.1. The number of hydrogen-bond donors (Lipinski definition) is 0. The van der Waals surface area contributed by atoms with Crippen LogP contribution in [0.4, 0.5) is 4.39 Å². The Hall–Kier alpha value is -2.60. The van der Waals surface area contributed by atoms with Crippen molar-refractivity contribution in [3.63, 3.8) is 0 Å². The van der Waals surface area contributed by atoms with Crippen molar-refractivity contribution in [2.75, 3.05) is 32.8 Å². The van der Waals surface area contributed by atoms with Gasteiger partial charge in [0.2, 0.25) is 0 Å². The molecule has 0 spiro atoms. The maximum Gasteiger partial charge on any atom is 0.260 e. The van der Waals surface area contributed by atoms with Gasteiger partial charge in [0.1, 0.15) is 11.6 Å². The first-order valence-electron chi connectivity index (χ1n) is 9.72. The van der Waals surface area contributed by atoms with E-state index in [1.54, 1.807) is 4.90 Å². The van der Waals surface area contributed by atoms with Crippen LogP contribution in [0, 0.1) is 5.82 Å². The number of carbonyl (C=O) groups is 2. The van der Waals surface area contributed by atoms with Crippen molar-refractivity contribution in [1.82, 2.24) is 9.80 Å². The molecule has 0 atom stereocenters. The molecule has 0 aromatic heterocycles. The average Bonchev–Trinajstić information content (AvgIpc) is 2.73. The molecular formula is C22H24ClFN2O3. The van der Waals surface area contributed by atoms with Gasteiger partial charge in [-0.15, -0.1) is 0 Å². The number of piperazine rings is 1. The quantitative estimate of drug-likeness (QED) is 0.717. The molecule has 2 amide bonds. The van der Waals surface area contributed by atoms with Gasteiger partial charge in [-0.2, -0.15) is 0 Å². The Labute approximate surface area is 175 Å². The molecule has 1 heterocycles. The molecule has 3 rings (SSSR count). The Bertz CT molecular complexity index is 845. The minimum Gasteiger partial charge on any atom is -0.484 e. The molecule has 7 heteroatoms. The van der Waals surface area contributed by atoms with Gasteiger partial charge in [-0.3, -0.25) is 9.59 Å². The van der Waals surface area contributed by atoms with Crippen molar-refractivity contribution in [2.45, 2.75) is 19.8 Å². The van der Waals surface area contributed by atoms with Crippen LogP contribution in [0.2, 0.25) is 5.02 Å². The van der Waals surface area contributed by atoms with Crippen molar-refractivity contribution in [2.24, 2.45) is 0 Å². The molecule has 0 N–H and O–H groups in total. The van der Waals surface area contributed by atoms with Gasteiger partial charge in [-0.1, -0.05) is 43.1 Å². The van der Waals surface area contributed by atoms with Crippen LogP contribution in [-0.2, 0) is 11.2 Å². The highest BCUT2D eigenvalue weighted by Gasteiger charge is 2.27. The Morgan fingerprint density at radius 2 is 1.69 bits per heavy atom. The summed E-state index contributed by atoms with van der Waals surface area (Å²) in [4.78, 5) is 28.2. The zero-order chi connectivity index (χ0) is 20.8. The van der Waals surface area contributed by atoms with Gasteiger partial charge in [0.05, 0.1) is 10.6 Å². The fourth-order valence-electron chi connectivity index (χ4n) is 3.30. The normalized spacial score (nSPS) is 14.0. The monoisotopic (exact) mass is 418 g/mol. The summed E-state index contributed by atoms with van der Waals surface area (Å²) < 4.78 is 19.6. The lowest BCUT2D eigenvalue weighted by molar-refractivity contribution is -0.134. The summed E-state index contributed by atoms with van der Waals surface area (Å²) in [7, 11) is 0. The summed E-state index contributed by atoms with van der Waals surface area (Å²) in [5.74, 6) is -0.581. The molecule has 0 radical (unpaired) electrons. The summed E-state index contributed by atoms with van der Waals surface area (Å²) in [5, 5.41) is 0.0897. The van der Waals surface area contributed by atoms with E-state index in [-0.39, 0.29) is 23.1 Å². The zero-order valence-electron chi connectivity index (χ0n) is 16.4. The van der Waals surface area contributed by atoms with E-state index in [4.69, 9.17) is 16.3 Å². The summed E-state index contributed by atoms with van der Waals surface area (Å²) in [5.41, 5.74) is 1.12. The molecule has 2 aromatic rings. The first-order valence-corrected chi connectivity index (χ1v) is 10.1. The molecular weight excluding hydrogens is 395 g/mol. The van der Waals surface area contributed by atoms with Crippen molar-refractivity contribution in [3.8, 4) is 5.75 Å². The second-order valence-electron chi connectivity index (χ2n) is 6.95. The fraction of sp³-hybridized carbons (Fsp3) is 0.364. The van der Waals surface area contributed by atoms with E-state index in [1.807, 2.05) is 24.3 Å². The van der Waals surface area contributed by atoms with E-state index < -0.39 is 11.7 Å². The molecule has 0 aliphatic carbocycles. The third-order valence-electron chi connectivity index (χ3n) is 4.92. The summed E-state index contributed by atoms with van der Waals surface area (Å²) in [6, 6.07) is 11.9. The van der Waals surface area contributed by atoms with Gasteiger partial charge in [-0.05, 0) is 36.2 Å². The van der Waals surface area contributed by atoms with E-state index >= 15 is 0 Å². The molecule has 5 nitrogen and oxygen atoms in total. The third kappa shape index (κ3) is 5.26. The molecule has 154 valence electrons. The topological polar surface area (TPSA) is 49.9 Å². The van der Waals surface area contributed by atoms with Gasteiger partial charge in [0, 0.05) is 26.2 Å². The molecule has 0 bridgehead atoms. The van der Waals surface area contributed by atoms with E-state index in [0.29, 0.717) is 31.9 Å². The molecule has 1 aliphatic heterocycles. The first-order chi connectivity index (χ1) is 14.0. The first kappa shape index (κ1) is 21.1. The second-order valence-corrected chi connectivity index (χ2v) is 7.36. The SMILES string of the molecule is CCCc1ccc(OCC(=O)N2CCN(C(=O)c3c(F)cccc3Cl)CC2)cc1. The number of rotatable bonds is 6. The Kier molecular flexibility index (Phi) is 7.09. The van der Waals surface area contributed by atoms with E-state index in [9.17, 15) is 14.0 Å². The number of ether oxygens (including phenoxy) is 1. The molecule has 0 saturated carbocycles. The molecule has 1 saturated heterocycles. The number of nitrogens with zero attached hydrogens (tertiary/aromatic N) is 2. The Morgan fingerprint density at radius 1 is 1.03 bits per heavy atom. The molecule has 2 aromatic carbocycles. The predicted molar refractivity (Wildman–Crippen MR) is 110 cm³/mol. The lowest BCUT2D eigenvalue weighted by Crippen LogP contribution is -2.51. The van der Waals surface area contributed by atoms with Gasteiger partial charge < -0.3 is 14.5 Å². The standard InChI is InChI=1S/C22H24ClFN2O3/c1-2-4-16-7-9-17(10-8-16)29-15-20(27)25-11-13-26(14-12-25)22(28)21-18(23)5-3-6-19(21)24/h3,5-10H,2,4,11-15H2,1H3. The van der Waals surface area contributed by atoms with Crippen LogP contribution in [0.1, 0.15) is 29.3 Å². The summed E-state index contributed by atoms with van der Waals surface area (Å²) in [6.45, 7) is 3.45. The second kappa shape index (κ2) is 9.74. The Morgan fingerprint density at radius 3 is 2.31 bits per heavy atom. The van der Waals surface area contributed by atoms with Crippen LogP contribution >= 0.6 is 11.6 Å². The van der Waals surface area contributed by atoms with Gasteiger partial charge in [0.25, 0.3) is 11.8 Å². The number of hydrogen-bond acceptors (Lipinski definition) is 3. The predicted octanol–water partition coefficient (Wildman–Crippen LogP) is 3.80. The van der Waals surface area contributed by atoms with Gasteiger partial charge in [-0.25, -0.2) is 4.39 Å². The van der Waals surface area contributed by atoms with Crippen LogP contribution in [0.5, 0.6) is 5.75 Å². The summed E-state index contributed by atoms with van der Waals surface area (Å²) in [6.07, 6.45) is 2.09. The van der Waals surface area contributed by atoms with Crippen molar-refractivity contribution in [3.05, 3.63) is 64.4 Å². The average molecular weight is 419 g/mol. The Balaban J connectivity index is 1.49. The maximum absolute atomic E-state index is 14.0. The largest absolute Gasteiger partial charge is 0.484 e. The number of benzene rings is 2. The molecule has 1 aliphatic rings. The van der Waals surface area contributed by atoms with Crippen molar-refractivity contribution >= 4 is 23.4 Å². The molecule has 0 unspecified atom stereocenters. The van der Waals surface area contributed by atoms with Crippen LogP contribution in [0.3, 0.4) is 0 Å². The van der Waals surface area contributed by atoms with Crippen molar-refractivity contribution < 1.29 is 18.7 Å². The molecule has 1 fully saturated rings. The van der Waals surface area contributed by atoms with Crippen molar-refractivity contribution in [1.29, 1.82) is 0 Å². The highest BCUT2D eigenvalue weighted by molar-refractivity contribution is 6.33. The number of carbonyl (C=O) groups excluding carboxylic acids is 2. The highest BCUT2D eigenvalue weighted by Crippen LogP contribution is 2.21. The summed E-state index contributed by atoms with van der Waals surface area (Å²) >= 11 is 5.98. The third-order valence-corrected chi connectivity index (χ3v) is 5.24. The van der Waals surface area contributed by atoms with Crippen LogP contribution < -0.4 is 4.74 Å². The smallest absolute Gasteiger partial charge is 0.260 e. The minimum absolute atomic E-state index is 0.0553. The number of halogens is 2. The molecule has 29 heavy (non-hydrogen) atoms. The van der Waals surface area contributed by atoms with Crippen LogP contribution in [0.15, 0.2) is 42.5 Å². The van der Waals surface area contributed by atoms with E-state index in [0.717, 1.165) is 12.8 Å². The maximum atomic E-state index is 14.0. The number of aryl methyl sites for hydroxylation is 1. The van der Waals surface area contributed by atoms with Crippen LogP contribution in [-0.4, -0.2) is 54.4 Å².